The van der Waals surface area contributed by atoms with Crippen LogP contribution in [0, 0.1) is 12.8 Å². The van der Waals surface area contributed by atoms with E-state index in [4.69, 9.17) is 10.5 Å². The third-order valence-corrected chi connectivity index (χ3v) is 3.72. The van der Waals surface area contributed by atoms with Crippen molar-refractivity contribution in [1.29, 1.82) is 0 Å². The summed E-state index contributed by atoms with van der Waals surface area (Å²) in [6.07, 6.45) is 5.22. The van der Waals surface area contributed by atoms with Crippen molar-refractivity contribution in [2.24, 2.45) is 11.7 Å². The Morgan fingerprint density at radius 1 is 1.31 bits per heavy atom. The van der Waals surface area contributed by atoms with E-state index in [0.717, 1.165) is 5.75 Å². The average molecular weight is 219 g/mol. The molecular weight excluding hydrogens is 198 g/mol. The molecule has 1 atom stereocenters. The molecule has 1 fully saturated rings. The van der Waals surface area contributed by atoms with E-state index in [2.05, 4.69) is 25.1 Å². The summed E-state index contributed by atoms with van der Waals surface area (Å²) in [5.74, 6) is 1.61. The summed E-state index contributed by atoms with van der Waals surface area (Å²) in [5.41, 5.74) is 8.71. The lowest BCUT2D eigenvalue weighted by Crippen LogP contribution is -2.19. The van der Waals surface area contributed by atoms with Gasteiger partial charge in [0.05, 0.1) is 7.11 Å². The predicted octanol–water partition coefficient (Wildman–Crippen LogP) is 3.19. The van der Waals surface area contributed by atoms with Crippen LogP contribution in [0.15, 0.2) is 18.2 Å². The van der Waals surface area contributed by atoms with Crippen LogP contribution in [0.25, 0.3) is 0 Å². The quantitative estimate of drug-likeness (QED) is 0.847. The predicted molar refractivity (Wildman–Crippen MR) is 66.6 cm³/mol. The van der Waals surface area contributed by atoms with E-state index < -0.39 is 0 Å². The van der Waals surface area contributed by atoms with Gasteiger partial charge in [0.25, 0.3) is 0 Å². The normalized spacial score (nSPS) is 18.7. The molecular formula is C14H21NO. The van der Waals surface area contributed by atoms with Crippen LogP contribution in [0.1, 0.15) is 42.9 Å². The first kappa shape index (κ1) is 11.5. The number of rotatable bonds is 3. The molecule has 2 heteroatoms. The summed E-state index contributed by atoms with van der Waals surface area (Å²) in [6, 6.07) is 6.51. The molecule has 88 valence electrons. The van der Waals surface area contributed by atoms with Crippen molar-refractivity contribution in [3.8, 4) is 5.75 Å². The number of aryl methyl sites for hydroxylation is 1. The largest absolute Gasteiger partial charge is 0.496 e. The molecule has 16 heavy (non-hydrogen) atoms. The van der Waals surface area contributed by atoms with Crippen LogP contribution in [0.5, 0.6) is 5.75 Å². The van der Waals surface area contributed by atoms with Crippen LogP contribution in [-0.2, 0) is 0 Å². The topological polar surface area (TPSA) is 35.2 Å². The van der Waals surface area contributed by atoms with Gasteiger partial charge in [0.2, 0.25) is 0 Å². The van der Waals surface area contributed by atoms with Gasteiger partial charge in [-0.15, -0.1) is 0 Å². The summed E-state index contributed by atoms with van der Waals surface area (Å²) < 4.78 is 5.34. The number of benzene rings is 1. The van der Waals surface area contributed by atoms with Gasteiger partial charge in [-0.1, -0.05) is 25.0 Å². The molecule has 0 spiro atoms. The summed E-state index contributed by atoms with van der Waals surface area (Å²) in [4.78, 5) is 0. The van der Waals surface area contributed by atoms with E-state index in [0.29, 0.717) is 5.92 Å². The lowest BCUT2D eigenvalue weighted by atomic mass is 9.92. The molecule has 2 nitrogen and oxygen atoms in total. The molecule has 1 aliphatic rings. The highest BCUT2D eigenvalue weighted by Crippen LogP contribution is 2.35. The summed E-state index contributed by atoms with van der Waals surface area (Å²) in [6.45, 7) is 2.06. The Kier molecular flexibility index (Phi) is 3.49. The van der Waals surface area contributed by atoms with Crippen molar-refractivity contribution >= 4 is 0 Å². The average Bonchev–Trinajstić information content (AvgIpc) is 2.82. The maximum atomic E-state index is 6.32. The molecule has 0 saturated heterocycles. The Hall–Kier alpha value is -1.02. The fourth-order valence-corrected chi connectivity index (χ4v) is 2.63. The first-order chi connectivity index (χ1) is 7.72. The Bertz CT molecular complexity index is 356. The first-order valence-electron chi connectivity index (χ1n) is 6.12. The molecule has 0 unspecified atom stereocenters. The van der Waals surface area contributed by atoms with Crippen LogP contribution in [0.3, 0.4) is 0 Å². The van der Waals surface area contributed by atoms with Gasteiger partial charge in [-0.25, -0.2) is 0 Å². The zero-order chi connectivity index (χ0) is 11.5. The number of hydrogen-bond acceptors (Lipinski definition) is 2. The lowest BCUT2D eigenvalue weighted by molar-refractivity contribution is 0.406. The van der Waals surface area contributed by atoms with Crippen molar-refractivity contribution in [2.45, 2.75) is 38.6 Å². The summed E-state index contributed by atoms with van der Waals surface area (Å²) in [5, 5.41) is 0. The minimum atomic E-state index is 0.178. The molecule has 0 aromatic heterocycles. The van der Waals surface area contributed by atoms with Crippen LogP contribution in [0.4, 0.5) is 0 Å². The molecule has 1 aromatic rings. The lowest BCUT2D eigenvalue weighted by Gasteiger charge is -2.20. The number of methoxy groups -OCH3 is 1. The van der Waals surface area contributed by atoms with Crippen molar-refractivity contribution < 1.29 is 4.74 Å². The van der Waals surface area contributed by atoms with Crippen molar-refractivity contribution in [2.75, 3.05) is 7.11 Å². The monoisotopic (exact) mass is 219 g/mol. The Morgan fingerprint density at radius 3 is 2.62 bits per heavy atom. The van der Waals surface area contributed by atoms with Gasteiger partial charge in [-0.05, 0) is 42.9 Å². The minimum Gasteiger partial charge on any atom is -0.496 e. The smallest absolute Gasteiger partial charge is 0.122 e. The Labute approximate surface area is 97.8 Å². The van der Waals surface area contributed by atoms with Gasteiger partial charge < -0.3 is 10.5 Å². The second-order valence-corrected chi connectivity index (χ2v) is 4.80. The molecule has 1 saturated carbocycles. The third kappa shape index (κ3) is 2.22. The van der Waals surface area contributed by atoms with E-state index in [1.807, 2.05) is 0 Å². The van der Waals surface area contributed by atoms with Crippen LogP contribution < -0.4 is 10.5 Å². The Balaban J connectivity index is 2.19. The zero-order valence-electron chi connectivity index (χ0n) is 10.2. The van der Waals surface area contributed by atoms with Crippen molar-refractivity contribution in [3.05, 3.63) is 29.3 Å². The number of hydrogen-bond donors (Lipinski definition) is 1. The van der Waals surface area contributed by atoms with E-state index in [9.17, 15) is 0 Å². The molecule has 1 aromatic carbocycles. The highest BCUT2D eigenvalue weighted by Gasteiger charge is 2.23. The zero-order valence-corrected chi connectivity index (χ0v) is 10.2. The molecule has 0 amide bonds. The van der Waals surface area contributed by atoms with Gasteiger partial charge in [-0.3, -0.25) is 0 Å². The highest BCUT2D eigenvalue weighted by atomic mass is 16.5. The fraction of sp³-hybridized carbons (Fsp3) is 0.571. The SMILES string of the molecule is COc1cc([C@H](N)C2CCCC2)ccc1C. The van der Waals surface area contributed by atoms with Crippen molar-refractivity contribution in [3.63, 3.8) is 0 Å². The summed E-state index contributed by atoms with van der Waals surface area (Å²) >= 11 is 0. The molecule has 0 heterocycles. The maximum absolute atomic E-state index is 6.32. The molecule has 1 aliphatic carbocycles. The van der Waals surface area contributed by atoms with Gasteiger partial charge in [0, 0.05) is 6.04 Å². The molecule has 0 bridgehead atoms. The van der Waals surface area contributed by atoms with E-state index in [1.165, 1.54) is 36.8 Å². The van der Waals surface area contributed by atoms with Gasteiger partial charge >= 0.3 is 0 Å². The minimum absolute atomic E-state index is 0.178. The molecule has 2 N–H and O–H groups in total. The molecule has 0 aliphatic heterocycles. The highest BCUT2D eigenvalue weighted by molar-refractivity contribution is 5.38. The van der Waals surface area contributed by atoms with E-state index >= 15 is 0 Å². The molecule has 0 radical (unpaired) electrons. The first-order valence-corrected chi connectivity index (χ1v) is 6.12. The van der Waals surface area contributed by atoms with Gasteiger partial charge in [0.1, 0.15) is 5.75 Å². The van der Waals surface area contributed by atoms with E-state index in [-0.39, 0.29) is 6.04 Å². The van der Waals surface area contributed by atoms with Crippen LogP contribution in [0.2, 0.25) is 0 Å². The Morgan fingerprint density at radius 2 is 2.00 bits per heavy atom. The van der Waals surface area contributed by atoms with E-state index in [1.54, 1.807) is 7.11 Å². The summed E-state index contributed by atoms with van der Waals surface area (Å²) in [7, 11) is 1.72. The number of nitrogens with two attached hydrogens (primary N) is 1. The van der Waals surface area contributed by atoms with Crippen molar-refractivity contribution in [1.82, 2.24) is 0 Å². The third-order valence-electron chi connectivity index (χ3n) is 3.72. The standard InChI is InChI=1S/C14H21NO/c1-10-7-8-12(9-13(10)16-2)14(15)11-5-3-4-6-11/h7-9,11,14H,3-6,15H2,1-2H3/t14-/m1/s1. The second-order valence-electron chi connectivity index (χ2n) is 4.80. The molecule has 2 rings (SSSR count). The fourth-order valence-electron chi connectivity index (χ4n) is 2.63. The van der Waals surface area contributed by atoms with Gasteiger partial charge in [-0.2, -0.15) is 0 Å². The number of ether oxygens (including phenoxy) is 1. The van der Waals surface area contributed by atoms with Crippen LogP contribution >= 0.6 is 0 Å². The maximum Gasteiger partial charge on any atom is 0.122 e. The van der Waals surface area contributed by atoms with Gasteiger partial charge in [0.15, 0.2) is 0 Å². The van der Waals surface area contributed by atoms with Crippen LogP contribution in [-0.4, -0.2) is 7.11 Å². The second kappa shape index (κ2) is 4.88.